The number of methoxy groups -OCH3 is 1. The molecule has 11 nitrogen and oxygen atoms in total. The van der Waals surface area contributed by atoms with Gasteiger partial charge in [-0.25, -0.2) is 0 Å². The van der Waals surface area contributed by atoms with Crippen molar-refractivity contribution in [3.63, 3.8) is 0 Å². The fraction of sp³-hybridized carbons (Fsp3) is 0.918. The van der Waals surface area contributed by atoms with Crippen molar-refractivity contribution in [3.8, 4) is 0 Å². The van der Waals surface area contributed by atoms with Crippen molar-refractivity contribution in [3.05, 3.63) is 0 Å². The molecule has 1 N–H and O–H groups in total. The molecule has 72 heavy (non-hydrogen) atoms. The van der Waals surface area contributed by atoms with Crippen LogP contribution < -0.4 is 0 Å². The van der Waals surface area contributed by atoms with Crippen LogP contribution in [-0.2, 0) is 47.7 Å². The quantitative estimate of drug-likeness (QED) is 0.123. The zero-order valence-corrected chi connectivity index (χ0v) is 42.8. The predicted molar refractivity (Wildman–Crippen MR) is 317 cm³/mol. The minimum Gasteiger partial charge on any atom is -0.469 e. The van der Waals surface area contributed by atoms with Crippen LogP contribution in [0.3, 0.4) is 0 Å². The first kappa shape index (κ1) is 98.5. The van der Waals surface area contributed by atoms with Gasteiger partial charge < -0.3 is 28.8 Å². The standard InChI is InChI=1S/C13H24O2.C12H22O2.C11H20O2.C8H16O3.C7H14O2.10CH4/c1-5-13(3,4)12(14)15-11-8-6-10(2)7-9-11;1-4-12(2,3)11(13)14-10-8-6-5-7-9-10;1-3-9(2)11(12)13-10-7-5-4-6-8-10;1-4-8(2,3)7(10)11-6-5-9;1-5-7(2,3)6(8)9-4;;;;;;;;;;/h10-11H,5-9H2,1-4H3;10H,4-9H2,1-3H3;9-10H,3-8H2,1-2H3;9H,4-6H2,1-3H3;5H2,1-4H3;10*1H4. The van der Waals surface area contributed by atoms with Crippen LogP contribution in [0.4, 0.5) is 0 Å². The Bertz CT molecular complexity index is 1240. The third-order valence-corrected chi connectivity index (χ3v) is 13.2. The van der Waals surface area contributed by atoms with Crippen molar-refractivity contribution in [2.45, 2.75) is 318 Å². The van der Waals surface area contributed by atoms with Crippen LogP contribution in [0.25, 0.3) is 0 Å². The van der Waals surface area contributed by atoms with Crippen molar-refractivity contribution in [2.24, 2.45) is 33.5 Å². The molecule has 11 heteroatoms. The molecule has 0 bridgehead atoms. The summed E-state index contributed by atoms with van der Waals surface area (Å²) in [7, 11) is 1.42. The Morgan fingerprint density at radius 1 is 0.458 bits per heavy atom. The molecule has 0 aromatic rings. The number of esters is 5. The van der Waals surface area contributed by atoms with E-state index < -0.39 is 5.41 Å². The van der Waals surface area contributed by atoms with Gasteiger partial charge in [-0.1, -0.05) is 136 Å². The fourth-order valence-corrected chi connectivity index (χ4v) is 5.97. The number of carbonyl (C=O) groups is 5. The van der Waals surface area contributed by atoms with Gasteiger partial charge in [0, 0.05) is 0 Å². The largest absolute Gasteiger partial charge is 0.469 e. The van der Waals surface area contributed by atoms with Gasteiger partial charge in [0.1, 0.15) is 24.9 Å². The Balaban J connectivity index is -0.0000000609. The normalized spacial score (nSPS) is 16.4. The Labute approximate surface area is 453 Å². The molecule has 1 unspecified atom stereocenters. The summed E-state index contributed by atoms with van der Waals surface area (Å²) in [6, 6.07) is 0. The van der Waals surface area contributed by atoms with Gasteiger partial charge in [-0.15, -0.1) is 0 Å². The summed E-state index contributed by atoms with van der Waals surface area (Å²) in [5.41, 5.74) is -1.36. The third kappa shape index (κ3) is 42.6. The highest BCUT2D eigenvalue weighted by atomic mass is 16.6. The molecule has 3 rings (SSSR count). The second-order valence-corrected chi connectivity index (χ2v) is 20.3. The van der Waals surface area contributed by atoms with E-state index in [1.54, 1.807) is 0 Å². The van der Waals surface area contributed by atoms with Gasteiger partial charge in [-0.05, 0) is 170 Å². The van der Waals surface area contributed by atoms with Crippen LogP contribution >= 0.6 is 0 Å². The highest BCUT2D eigenvalue weighted by Gasteiger charge is 2.32. The number of hydrogen-bond acceptors (Lipinski definition) is 11. The first-order valence-electron chi connectivity index (χ1n) is 24.3. The molecule has 1 atom stereocenters. The summed E-state index contributed by atoms with van der Waals surface area (Å²) in [6.45, 7) is 29.4. The average Bonchev–Trinajstić information content (AvgIpc) is 3.27. The molecule has 0 aromatic carbocycles. The van der Waals surface area contributed by atoms with Crippen LogP contribution in [0.15, 0.2) is 0 Å². The molecule has 3 aliphatic rings. The van der Waals surface area contributed by atoms with Gasteiger partial charge in [0.05, 0.1) is 41.3 Å². The number of rotatable bonds is 15. The van der Waals surface area contributed by atoms with E-state index in [0.717, 1.165) is 76.5 Å². The molecule has 0 heterocycles. The van der Waals surface area contributed by atoms with E-state index in [0.29, 0.717) is 0 Å². The van der Waals surface area contributed by atoms with Crippen molar-refractivity contribution in [2.75, 3.05) is 20.3 Å². The molecule has 0 radical (unpaired) electrons. The molecule has 0 amide bonds. The lowest BCUT2D eigenvalue weighted by molar-refractivity contribution is -0.162. The van der Waals surface area contributed by atoms with Crippen molar-refractivity contribution >= 4 is 29.8 Å². The smallest absolute Gasteiger partial charge is 0.311 e. The van der Waals surface area contributed by atoms with E-state index in [1.807, 2.05) is 96.9 Å². The zero-order chi connectivity index (χ0) is 48.2. The summed E-state index contributed by atoms with van der Waals surface area (Å²) in [4.78, 5) is 56.9. The minimum absolute atomic E-state index is 0. The fourth-order valence-electron chi connectivity index (χ4n) is 5.97. The first-order valence-corrected chi connectivity index (χ1v) is 24.3. The Hall–Kier alpha value is -2.69. The van der Waals surface area contributed by atoms with E-state index in [4.69, 9.17) is 24.1 Å². The maximum atomic E-state index is 11.8. The highest BCUT2D eigenvalue weighted by molar-refractivity contribution is 5.77. The number of ether oxygens (including phenoxy) is 5. The predicted octanol–water partition coefficient (Wildman–Crippen LogP) is 18.7. The maximum Gasteiger partial charge on any atom is 0.311 e. The summed E-state index contributed by atoms with van der Waals surface area (Å²) in [5, 5.41) is 8.38. The van der Waals surface area contributed by atoms with E-state index in [2.05, 4.69) is 11.7 Å². The molecule has 3 fully saturated rings. The lowest BCUT2D eigenvalue weighted by Crippen LogP contribution is -2.31. The van der Waals surface area contributed by atoms with E-state index in [-0.39, 0.29) is 158 Å². The van der Waals surface area contributed by atoms with Crippen molar-refractivity contribution in [1.82, 2.24) is 0 Å². The molecule has 0 aliphatic heterocycles. The van der Waals surface area contributed by atoms with Gasteiger partial charge >= 0.3 is 29.8 Å². The molecular formula is C61H136O11. The minimum atomic E-state index is -0.421. The van der Waals surface area contributed by atoms with E-state index in [1.165, 1.54) is 58.5 Å². The first-order chi connectivity index (χ1) is 28.8. The van der Waals surface area contributed by atoms with Crippen LogP contribution in [-0.4, -0.2) is 73.6 Å². The number of aliphatic hydroxyl groups is 1. The van der Waals surface area contributed by atoms with E-state index in [9.17, 15) is 24.0 Å². The topological polar surface area (TPSA) is 152 Å². The number of carbonyl (C=O) groups excluding carboxylic acids is 5. The lowest BCUT2D eigenvalue weighted by Gasteiger charge is -2.29. The van der Waals surface area contributed by atoms with Crippen LogP contribution in [0.1, 0.15) is 300 Å². The second-order valence-electron chi connectivity index (χ2n) is 20.3. The van der Waals surface area contributed by atoms with Crippen LogP contribution in [0.2, 0.25) is 0 Å². The van der Waals surface area contributed by atoms with Crippen molar-refractivity contribution in [1.29, 1.82) is 0 Å². The Kier molecular flexibility index (Phi) is 70.8. The van der Waals surface area contributed by atoms with Gasteiger partial charge in [0.15, 0.2) is 0 Å². The SMILES string of the molecule is C.C.C.C.C.C.C.C.C.C.CCC(C)(C)C(=O)OC.CCC(C)(C)C(=O)OC1CCC(C)CC1.CCC(C)(C)C(=O)OC1CCCCC1.CCC(C)(C)C(=O)OCCO.CCC(C)C(=O)OC1CCCCC1. The molecule has 0 aromatic heterocycles. The average molecular weight is 1050 g/mol. The number of hydrogen-bond donors (Lipinski definition) is 1. The van der Waals surface area contributed by atoms with Gasteiger partial charge in [0.25, 0.3) is 0 Å². The summed E-state index contributed by atoms with van der Waals surface area (Å²) >= 11 is 0. The second kappa shape index (κ2) is 51.8. The third-order valence-electron chi connectivity index (χ3n) is 13.2. The molecule has 3 saturated carbocycles. The lowest BCUT2D eigenvalue weighted by atomic mass is 9.87. The van der Waals surface area contributed by atoms with Gasteiger partial charge in [-0.2, -0.15) is 0 Å². The van der Waals surface area contributed by atoms with Crippen LogP contribution in [0, 0.1) is 33.5 Å². The molecule has 3 aliphatic carbocycles. The summed E-state index contributed by atoms with van der Waals surface area (Å²) in [5.74, 6) is 0.450. The maximum absolute atomic E-state index is 11.8. The zero-order valence-electron chi connectivity index (χ0n) is 42.8. The monoisotopic (exact) mass is 1050 g/mol. The van der Waals surface area contributed by atoms with Gasteiger partial charge in [-0.3, -0.25) is 24.0 Å². The van der Waals surface area contributed by atoms with Crippen LogP contribution in [0.5, 0.6) is 0 Å². The summed E-state index contributed by atoms with van der Waals surface area (Å²) in [6.07, 6.45) is 21.0. The van der Waals surface area contributed by atoms with Crippen molar-refractivity contribution < 1.29 is 52.8 Å². The molecule has 0 spiro atoms. The van der Waals surface area contributed by atoms with E-state index >= 15 is 0 Å². The molecule has 0 saturated heterocycles. The highest BCUT2D eigenvalue weighted by Crippen LogP contribution is 2.30. The number of aliphatic hydroxyl groups excluding tert-OH is 1. The molecule has 446 valence electrons. The Morgan fingerprint density at radius 3 is 1.03 bits per heavy atom. The van der Waals surface area contributed by atoms with Gasteiger partial charge in [0.2, 0.25) is 0 Å². The summed E-state index contributed by atoms with van der Waals surface area (Å²) < 4.78 is 25.8. The Morgan fingerprint density at radius 2 is 0.750 bits per heavy atom. The molecular weight excluding hydrogens is 909 g/mol.